The zero-order valence-electron chi connectivity index (χ0n) is 27.0. The maximum Gasteiger partial charge on any atom is 0.334 e. The predicted molar refractivity (Wildman–Crippen MR) is 164 cm³/mol. The highest BCUT2D eigenvalue weighted by Gasteiger charge is 2.70. The van der Waals surface area contributed by atoms with Crippen LogP contribution in [-0.2, 0) is 23.8 Å². The summed E-state index contributed by atoms with van der Waals surface area (Å²) in [7, 11) is 0. The molecule has 0 aromatic carbocycles. The molecule has 1 spiro atoms. The van der Waals surface area contributed by atoms with Crippen LogP contribution in [0.3, 0.4) is 0 Å². The zero-order valence-corrected chi connectivity index (χ0v) is 27.0. The van der Waals surface area contributed by atoms with Crippen LogP contribution in [0, 0.1) is 41.4 Å². The molecule has 9 unspecified atom stereocenters. The summed E-state index contributed by atoms with van der Waals surface area (Å²) >= 11 is 0. The standard InChI is InChI=1S/C35H56N2O7/c1-3-21(12-14-39)33(41)44-34(2)18-23-7-4-5-9-27(23)31(24-10-11-30(36)37-20-24)35(34)19-26-16-25-15-22(8-6-13-38)32(40)42-28(25)17-29(26)43-35/h3,22-31,37-39H,4-20,36H2,1-2H3/p+1/t22?,23?,24?,25?,26?,27?,28?,29?,30?,31-,34-,35+/m1/s1. The van der Waals surface area contributed by atoms with E-state index < -0.39 is 11.2 Å². The predicted octanol–water partition coefficient (Wildman–Crippen LogP) is 2.96. The molecule has 6 aliphatic rings. The van der Waals surface area contributed by atoms with Crippen LogP contribution in [0.15, 0.2) is 11.6 Å². The summed E-state index contributed by atoms with van der Waals surface area (Å²) in [4.78, 5) is 26.7. The topological polar surface area (TPSA) is 145 Å². The maximum atomic E-state index is 13.8. The van der Waals surface area contributed by atoms with Gasteiger partial charge in [0.05, 0.1) is 18.6 Å². The number of quaternary nitrogens is 1. The van der Waals surface area contributed by atoms with Crippen LogP contribution in [0.5, 0.6) is 0 Å². The minimum absolute atomic E-state index is 0.0350. The fraction of sp³-hybridized carbons (Fsp3) is 0.886. The van der Waals surface area contributed by atoms with E-state index in [2.05, 4.69) is 12.2 Å². The molecule has 3 aliphatic heterocycles. The summed E-state index contributed by atoms with van der Waals surface area (Å²) in [5.74, 6) is 1.74. The summed E-state index contributed by atoms with van der Waals surface area (Å²) in [6.45, 7) is 4.96. The highest BCUT2D eigenvalue weighted by Crippen LogP contribution is 2.64. The van der Waals surface area contributed by atoms with E-state index in [0.29, 0.717) is 54.4 Å². The highest BCUT2D eigenvalue weighted by atomic mass is 16.6. The molecule has 3 aliphatic carbocycles. The number of rotatable bonds is 8. The van der Waals surface area contributed by atoms with E-state index in [-0.39, 0.29) is 61.8 Å². The third-order valence-electron chi connectivity index (χ3n) is 12.9. The zero-order chi connectivity index (χ0) is 31.1. The number of ether oxygens (including phenoxy) is 3. The molecule has 12 atom stereocenters. The Balaban J connectivity index is 1.35. The molecule has 0 aromatic heterocycles. The molecular weight excluding hydrogens is 560 g/mol. The first-order chi connectivity index (χ1) is 21.2. The van der Waals surface area contributed by atoms with Crippen LogP contribution >= 0.6 is 0 Å². The first-order valence-corrected chi connectivity index (χ1v) is 17.8. The third-order valence-corrected chi connectivity index (χ3v) is 12.9. The lowest BCUT2D eigenvalue weighted by molar-refractivity contribution is -0.704. The number of hydrogen-bond donors (Lipinski definition) is 4. The van der Waals surface area contributed by atoms with Crippen LogP contribution in [-0.4, -0.2) is 71.5 Å². The number of nitrogens with two attached hydrogens (primary N) is 2. The molecule has 9 heteroatoms. The van der Waals surface area contributed by atoms with Gasteiger partial charge in [0, 0.05) is 49.9 Å². The number of esters is 2. The number of carbonyl (C=O) groups is 2. The van der Waals surface area contributed by atoms with Gasteiger partial charge in [-0.05, 0) is 88.9 Å². The summed E-state index contributed by atoms with van der Waals surface area (Å²) in [5, 5.41) is 21.3. The van der Waals surface area contributed by atoms with Gasteiger partial charge in [-0.3, -0.25) is 10.5 Å². The molecule has 6 rings (SSSR count). The quantitative estimate of drug-likeness (QED) is 0.240. The minimum atomic E-state index is -0.806. The molecule has 0 bridgehead atoms. The van der Waals surface area contributed by atoms with Gasteiger partial charge >= 0.3 is 11.9 Å². The average molecular weight is 618 g/mol. The van der Waals surface area contributed by atoms with E-state index >= 15 is 0 Å². The van der Waals surface area contributed by atoms with Crippen LogP contribution in [0.2, 0.25) is 0 Å². The Morgan fingerprint density at radius 3 is 2.57 bits per heavy atom. The molecule has 0 amide bonds. The van der Waals surface area contributed by atoms with Crippen molar-refractivity contribution in [3.63, 3.8) is 0 Å². The Bertz CT molecular complexity index is 1080. The molecular formula is C35H57N2O7+. The van der Waals surface area contributed by atoms with E-state index in [0.717, 1.165) is 51.5 Å². The van der Waals surface area contributed by atoms with Gasteiger partial charge in [0.15, 0.2) is 0 Å². The number of hydrogen-bond acceptors (Lipinski definition) is 8. The maximum absolute atomic E-state index is 13.8. The first-order valence-electron chi connectivity index (χ1n) is 17.8. The average Bonchev–Trinajstić information content (AvgIpc) is 3.38. The molecule has 6 fully saturated rings. The Hall–Kier alpha value is -1.52. The Kier molecular flexibility index (Phi) is 9.80. The monoisotopic (exact) mass is 617 g/mol. The van der Waals surface area contributed by atoms with Gasteiger partial charge in [0.2, 0.25) is 0 Å². The van der Waals surface area contributed by atoms with Crippen molar-refractivity contribution >= 4 is 11.9 Å². The van der Waals surface area contributed by atoms with Crippen LogP contribution in [0.1, 0.15) is 104 Å². The highest BCUT2D eigenvalue weighted by molar-refractivity contribution is 5.88. The van der Waals surface area contributed by atoms with Crippen LogP contribution in [0.25, 0.3) is 0 Å². The van der Waals surface area contributed by atoms with Crippen molar-refractivity contribution in [1.82, 2.24) is 0 Å². The Morgan fingerprint density at radius 1 is 1.02 bits per heavy atom. The summed E-state index contributed by atoms with van der Waals surface area (Å²) < 4.78 is 20.3. The summed E-state index contributed by atoms with van der Waals surface area (Å²) in [6, 6.07) is 0. The molecule has 248 valence electrons. The van der Waals surface area contributed by atoms with Gasteiger partial charge in [-0.15, -0.1) is 0 Å². The molecule has 0 aromatic rings. The number of carbonyl (C=O) groups excluding carboxylic acids is 2. The molecule has 0 radical (unpaired) electrons. The van der Waals surface area contributed by atoms with E-state index in [1.54, 1.807) is 6.08 Å². The first kappa shape index (κ1) is 32.4. The van der Waals surface area contributed by atoms with Crippen molar-refractivity contribution in [1.29, 1.82) is 0 Å². The largest absolute Gasteiger partial charge is 0.462 e. The lowest BCUT2D eigenvalue weighted by Crippen LogP contribution is -2.96. The van der Waals surface area contributed by atoms with E-state index in [1.807, 2.05) is 6.92 Å². The van der Waals surface area contributed by atoms with Crippen LogP contribution in [0.4, 0.5) is 0 Å². The van der Waals surface area contributed by atoms with E-state index in [1.165, 1.54) is 19.3 Å². The number of fused-ring (bicyclic) bond motifs is 3. The van der Waals surface area contributed by atoms with Gasteiger partial charge < -0.3 is 29.7 Å². The van der Waals surface area contributed by atoms with E-state index in [9.17, 15) is 19.8 Å². The third kappa shape index (κ3) is 5.89. The Labute approximate surface area is 263 Å². The molecule has 44 heavy (non-hydrogen) atoms. The molecule has 9 nitrogen and oxygen atoms in total. The molecule has 3 saturated heterocycles. The molecule has 3 heterocycles. The van der Waals surface area contributed by atoms with Crippen molar-refractivity contribution in [3.8, 4) is 0 Å². The number of allylic oxidation sites excluding steroid dienone is 1. The van der Waals surface area contributed by atoms with Gasteiger partial charge in [-0.1, -0.05) is 25.3 Å². The SMILES string of the molecule is CC=C(CCO)C(=O)O[C@]1(C)CC2CCCCC2[C@@H](C2CCC(N)[NH2+]C2)[C@@]12CC1CC3CC(CCCO)C(=O)OC3CC1O2. The lowest BCUT2D eigenvalue weighted by Gasteiger charge is -2.61. The number of aliphatic hydroxyl groups excluding tert-OH is 2. The second-order valence-electron chi connectivity index (χ2n) is 15.3. The summed E-state index contributed by atoms with van der Waals surface area (Å²) in [5.41, 5.74) is 5.47. The second kappa shape index (κ2) is 13.3. The minimum Gasteiger partial charge on any atom is -0.462 e. The van der Waals surface area contributed by atoms with Gasteiger partial charge in [0.25, 0.3) is 0 Å². The number of aliphatic hydroxyl groups is 2. The fourth-order valence-electron chi connectivity index (χ4n) is 10.9. The van der Waals surface area contributed by atoms with Gasteiger partial charge in [0.1, 0.15) is 23.5 Å². The van der Waals surface area contributed by atoms with Gasteiger partial charge in [-0.2, -0.15) is 0 Å². The fourth-order valence-corrected chi connectivity index (χ4v) is 10.9. The van der Waals surface area contributed by atoms with Crippen molar-refractivity contribution < 1.29 is 39.3 Å². The molecule has 3 saturated carbocycles. The molecule has 6 N–H and O–H groups in total. The van der Waals surface area contributed by atoms with Crippen molar-refractivity contribution in [2.24, 2.45) is 47.2 Å². The van der Waals surface area contributed by atoms with Crippen molar-refractivity contribution in [2.75, 3.05) is 19.8 Å². The number of piperidine rings is 1. The van der Waals surface area contributed by atoms with E-state index in [4.69, 9.17) is 19.9 Å². The normalized spacial score (nSPS) is 45.7. The second-order valence-corrected chi connectivity index (χ2v) is 15.3. The van der Waals surface area contributed by atoms with Crippen LogP contribution < -0.4 is 11.1 Å². The van der Waals surface area contributed by atoms with Crippen molar-refractivity contribution in [2.45, 2.75) is 133 Å². The summed E-state index contributed by atoms with van der Waals surface area (Å²) in [6.07, 6.45) is 14.3. The van der Waals surface area contributed by atoms with Crippen molar-refractivity contribution in [3.05, 3.63) is 11.6 Å². The Morgan fingerprint density at radius 2 is 1.84 bits per heavy atom. The smallest absolute Gasteiger partial charge is 0.334 e. The van der Waals surface area contributed by atoms with Gasteiger partial charge in [-0.25, -0.2) is 4.79 Å². The lowest BCUT2D eigenvalue weighted by atomic mass is 9.49.